The van der Waals surface area contributed by atoms with Crippen LogP contribution in [0, 0.1) is 0 Å². The number of likely N-dealkylation sites (N-methyl/N-ethyl adjacent to an activating group) is 1. The molecule has 1 atom stereocenters. The van der Waals surface area contributed by atoms with Gasteiger partial charge in [-0.1, -0.05) is 36.4 Å². The molecule has 1 aliphatic rings. The molecule has 1 aromatic heterocycles. The number of amides is 2. The summed E-state index contributed by atoms with van der Waals surface area (Å²) in [5, 5.41) is 5.81. The van der Waals surface area contributed by atoms with Crippen LogP contribution in [0.25, 0.3) is 0 Å². The minimum atomic E-state index is -0.282. The number of benzene rings is 2. The van der Waals surface area contributed by atoms with E-state index >= 15 is 0 Å². The molecule has 0 bridgehead atoms. The number of anilines is 1. The van der Waals surface area contributed by atoms with Crippen LogP contribution in [0.4, 0.5) is 5.69 Å². The average Bonchev–Trinajstić information content (AvgIpc) is 2.88. The van der Waals surface area contributed by atoms with Crippen molar-refractivity contribution < 1.29 is 9.59 Å². The zero-order valence-corrected chi connectivity index (χ0v) is 19.5. The Bertz CT molecular complexity index is 1070. The van der Waals surface area contributed by atoms with Gasteiger partial charge in [0.25, 0.3) is 11.8 Å². The van der Waals surface area contributed by atoms with Gasteiger partial charge in [0, 0.05) is 56.2 Å². The van der Waals surface area contributed by atoms with Gasteiger partial charge in [-0.05, 0) is 55.4 Å². The molecule has 0 aliphatic carbocycles. The van der Waals surface area contributed by atoms with Crippen LogP contribution in [0.5, 0.6) is 0 Å². The first-order valence-corrected chi connectivity index (χ1v) is 11.7. The Morgan fingerprint density at radius 2 is 1.71 bits per heavy atom. The van der Waals surface area contributed by atoms with Crippen molar-refractivity contribution in [1.29, 1.82) is 0 Å². The van der Waals surface area contributed by atoms with Gasteiger partial charge in [-0.15, -0.1) is 0 Å². The molecule has 0 radical (unpaired) electrons. The molecule has 2 aromatic carbocycles. The summed E-state index contributed by atoms with van der Waals surface area (Å²) in [6, 6.07) is 23.1. The van der Waals surface area contributed by atoms with Crippen LogP contribution in [-0.2, 0) is 0 Å². The van der Waals surface area contributed by atoms with E-state index in [0.29, 0.717) is 29.5 Å². The number of carbonyl (C=O) groups is 2. The first-order chi connectivity index (χ1) is 16.6. The Morgan fingerprint density at radius 1 is 0.941 bits per heavy atom. The molecule has 3 aromatic rings. The molecule has 0 spiro atoms. The monoisotopic (exact) mass is 457 g/mol. The maximum Gasteiger partial charge on any atom is 0.274 e. The minimum Gasteiger partial charge on any atom is -0.352 e. The van der Waals surface area contributed by atoms with Crippen LogP contribution in [0.1, 0.15) is 38.9 Å². The Morgan fingerprint density at radius 3 is 2.44 bits per heavy atom. The van der Waals surface area contributed by atoms with Crippen LogP contribution in [0.2, 0.25) is 0 Å². The van der Waals surface area contributed by atoms with Gasteiger partial charge in [0.2, 0.25) is 0 Å². The van der Waals surface area contributed by atoms with Crippen molar-refractivity contribution in [2.45, 2.75) is 12.5 Å². The van der Waals surface area contributed by atoms with E-state index in [9.17, 15) is 9.59 Å². The molecule has 34 heavy (non-hydrogen) atoms. The number of nitrogens with one attached hydrogen (secondary N) is 2. The highest BCUT2D eigenvalue weighted by Gasteiger charge is 2.25. The number of aromatic nitrogens is 1. The van der Waals surface area contributed by atoms with Crippen molar-refractivity contribution in [2.75, 3.05) is 45.1 Å². The molecule has 2 N–H and O–H groups in total. The van der Waals surface area contributed by atoms with Crippen molar-refractivity contribution >= 4 is 17.5 Å². The Balaban J connectivity index is 1.24. The van der Waals surface area contributed by atoms with Gasteiger partial charge in [0.1, 0.15) is 5.69 Å². The number of pyridine rings is 1. The fraction of sp³-hybridized carbons (Fsp3) is 0.296. The molecule has 176 valence electrons. The first kappa shape index (κ1) is 23.6. The highest BCUT2D eigenvalue weighted by molar-refractivity contribution is 6.03. The van der Waals surface area contributed by atoms with E-state index in [-0.39, 0.29) is 11.8 Å². The van der Waals surface area contributed by atoms with E-state index < -0.39 is 0 Å². The lowest BCUT2D eigenvalue weighted by atomic mass is 10.0. The highest BCUT2D eigenvalue weighted by Crippen LogP contribution is 2.24. The third-order valence-electron chi connectivity index (χ3n) is 6.09. The lowest BCUT2D eigenvalue weighted by Gasteiger charge is -2.40. The van der Waals surface area contributed by atoms with Gasteiger partial charge >= 0.3 is 0 Å². The van der Waals surface area contributed by atoms with Crippen LogP contribution < -0.4 is 10.6 Å². The van der Waals surface area contributed by atoms with Crippen LogP contribution in [-0.4, -0.2) is 66.4 Å². The quantitative estimate of drug-likeness (QED) is 0.507. The van der Waals surface area contributed by atoms with E-state index in [0.717, 1.165) is 32.6 Å². The average molecular weight is 458 g/mol. The van der Waals surface area contributed by atoms with Crippen molar-refractivity contribution in [3.8, 4) is 0 Å². The second-order valence-corrected chi connectivity index (χ2v) is 8.58. The first-order valence-electron chi connectivity index (χ1n) is 11.7. The summed E-state index contributed by atoms with van der Waals surface area (Å²) >= 11 is 0. The predicted octanol–water partition coefficient (Wildman–Crippen LogP) is 3.44. The van der Waals surface area contributed by atoms with Crippen molar-refractivity contribution in [3.05, 3.63) is 95.8 Å². The molecule has 2 heterocycles. The summed E-state index contributed by atoms with van der Waals surface area (Å²) in [6.45, 7) is 4.64. The second-order valence-electron chi connectivity index (χ2n) is 8.58. The van der Waals surface area contributed by atoms with Gasteiger partial charge in [-0.25, -0.2) is 0 Å². The SMILES string of the molecule is CN1CCN(CCCNC(=O)c2ccc(NC(=O)c3ccccn3)cc2)[C@H](c2ccccc2)C1. The zero-order chi connectivity index (χ0) is 23.8. The Hall–Kier alpha value is -3.55. The van der Waals surface area contributed by atoms with Gasteiger partial charge in [-0.2, -0.15) is 0 Å². The number of piperazine rings is 1. The molecule has 4 rings (SSSR count). The number of rotatable bonds is 8. The number of carbonyl (C=O) groups excluding carboxylic acids is 2. The van der Waals surface area contributed by atoms with Crippen molar-refractivity contribution in [1.82, 2.24) is 20.1 Å². The number of hydrogen-bond acceptors (Lipinski definition) is 5. The Labute approximate surface area is 200 Å². The summed E-state index contributed by atoms with van der Waals surface area (Å²) < 4.78 is 0. The van der Waals surface area contributed by atoms with Crippen LogP contribution >= 0.6 is 0 Å². The molecule has 2 amide bonds. The van der Waals surface area contributed by atoms with Gasteiger partial charge in [0.05, 0.1) is 0 Å². The standard InChI is InChI=1S/C27H31N5O2/c1-31-18-19-32(25(20-31)21-8-3-2-4-9-21)17-7-16-29-26(33)22-11-13-23(14-12-22)30-27(34)24-10-5-6-15-28-24/h2-6,8-15,25H,7,16-20H2,1H3,(H,29,33)(H,30,34)/t25-/m0/s1. The zero-order valence-electron chi connectivity index (χ0n) is 19.5. The molecular formula is C27H31N5O2. The number of hydrogen-bond donors (Lipinski definition) is 2. The third-order valence-corrected chi connectivity index (χ3v) is 6.09. The third kappa shape index (κ3) is 6.27. The van der Waals surface area contributed by atoms with Crippen molar-refractivity contribution in [3.63, 3.8) is 0 Å². The summed E-state index contributed by atoms with van der Waals surface area (Å²) in [7, 11) is 2.17. The fourth-order valence-corrected chi connectivity index (χ4v) is 4.20. The topological polar surface area (TPSA) is 77.6 Å². The van der Waals surface area contributed by atoms with Crippen molar-refractivity contribution in [2.24, 2.45) is 0 Å². The second kappa shape index (κ2) is 11.5. The minimum absolute atomic E-state index is 0.111. The normalized spacial score (nSPS) is 16.7. The van der Waals surface area contributed by atoms with Gasteiger partial charge in [0.15, 0.2) is 0 Å². The molecule has 7 heteroatoms. The fourth-order valence-electron chi connectivity index (χ4n) is 4.20. The molecular weight excluding hydrogens is 426 g/mol. The van der Waals surface area contributed by atoms with E-state index in [4.69, 9.17) is 0 Å². The summed E-state index contributed by atoms with van der Waals surface area (Å²) in [4.78, 5) is 33.7. The largest absolute Gasteiger partial charge is 0.352 e. The van der Waals surface area contributed by atoms with E-state index in [2.05, 4.69) is 62.8 Å². The number of nitrogens with zero attached hydrogens (tertiary/aromatic N) is 3. The molecule has 1 saturated heterocycles. The van der Waals surface area contributed by atoms with Crippen LogP contribution in [0.15, 0.2) is 79.0 Å². The maximum atomic E-state index is 12.6. The summed E-state index contributed by atoms with van der Waals surface area (Å²) in [5.74, 6) is -0.392. The molecule has 1 fully saturated rings. The Kier molecular flexibility index (Phi) is 8.01. The lowest BCUT2D eigenvalue weighted by Crippen LogP contribution is -2.47. The molecule has 0 unspecified atom stereocenters. The van der Waals surface area contributed by atoms with Gasteiger partial charge < -0.3 is 15.5 Å². The smallest absolute Gasteiger partial charge is 0.274 e. The van der Waals surface area contributed by atoms with Gasteiger partial charge in [-0.3, -0.25) is 19.5 Å². The highest BCUT2D eigenvalue weighted by atomic mass is 16.2. The maximum absolute atomic E-state index is 12.6. The summed E-state index contributed by atoms with van der Waals surface area (Å²) in [5.41, 5.74) is 2.87. The van der Waals surface area contributed by atoms with E-state index in [1.165, 1.54) is 5.56 Å². The molecule has 7 nitrogen and oxygen atoms in total. The molecule has 0 saturated carbocycles. The predicted molar refractivity (Wildman–Crippen MR) is 134 cm³/mol. The van der Waals surface area contributed by atoms with Crippen LogP contribution in [0.3, 0.4) is 0 Å². The lowest BCUT2D eigenvalue weighted by molar-refractivity contribution is 0.0865. The molecule has 1 aliphatic heterocycles. The summed E-state index contributed by atoms with van der Waals surface area (Å²) in [6.07, 6.45) is 2.46. The van der Waals surface area contributed by atoms with E-state index in [1.54, 1.807) is 48.7 Å². The van der Waals surface area contributed by atoms with E-state index in [1.807, 2.05) is 0 Å².